The largest absolute Gasteiger partial charge is 0.307 e. The number of nitrogens with one attached hydrogen (secondary N) is 1. The molecule has 8 heteroatoms. The summed E-state index contributed by atoms with van der Waals surface area (Å²) in [7, 11) is 0. The minimum Gasteiger partial charge on any atom is -0.293 e. The Balaban J connectivity index is 2.69. The van der Waals surface area contributed by atoms with Gasteiger partial charge in [0.2, 0.25) is 0 Å². The normalized spacial score (nSPS) is 9.62. The number of amides is 1. The molecule has 0 aromatic carbocycles. The lowest BCUT2D eigenvalue weighted by molar-refractivity contribution is -0.385. The van der Waals surface area contributed by atoms with E-state index in [4.69, 9.17) is 5.84 Å². The smallest absolute Gasteiger partial charge is 0.293 e. The van der Waals surface area contributed by atoms with Crippen LogP contribution in [0.1, 0.15) is 0 Å². The molecule has 0 radical (unpaired) electrons. The van der Waals surface area contributed by atoms with Gasteiger partial charge in [0, 0.05) is 0 Å². The molecule has 1 rings (SSSR count). The van der Waals surface area contributed by atoms with E-state index in [-0.39, 0.29) is 12.2 Å². The Kier molecular flexibility index (Phi) is 2.55. The lowest BCUT2D eigenvalue weighted by Crippen LogP contribution is -2.33. The number of nitrogens with zero attached hydrogens (tertiary/aromatic N) is 3. The second-order valence-electron chi connectivity index (χ2n) is 2.22. The van der Waals surface area contributed by atoms with Gasteiger partial charge in [0.05, 0.1) is 4.92 Å². The number of hydrogen-bond acceptors (Lipinski definition) is 5. The van der Waals surface area contributed by atoms with Gasteiger partial charge < -0.3 is 0 Å². The van der Waals surface area contributed by atoms with Gasteiger partial charge in [-0.2, -0.15) is 5.10 Å². The summed E-state index contributed by atoms with van der Waals surface area (Å²) in [5.74, 6) is 4.34. The Labute approximate surface area is 72.4 Å². The van der Waals surface area contributed by atoms with E-state index < -0.39 is 10.8 Å². The SMILES string of the molecule is NNC(=O)Cn1cc([N+](=O)[O-])cn1. The first-order valence-electron chi connectivity index (χ1n) is 3.30. The van der Waals surface area contributed by atoms with Crippen molar-refractivity contribution in [3.8, 4) is 0 Å². The maximum Gasteiger partial charge on any atom is 0.307 e. The van der Waals surface area contributed by atoms with Crippen LogP contribution in [0.3, 0.4) is 0 Å². The van der Waals surface area contributed by atoms with Gasteiger partial charge >= 0.3 is 5.69 Å². The summed E-state index contributed by atoms with van der Waals surface area (Å²) in [5, 5.41) is 13.8. The average Bonchev–Trinajstić information content (AvgIpc) is 2.52. The predicted molar refractivity (Wildman–Crippen MR) is 41.2 cm³/mol. The first kappa shape index (κ1) is 9.13. The second-order valence-corrected chi connectivity index (χ2v) is 2.22. The van der Waals surface area contributed by atoms with E-state index in [0.717, 1.165) is 17.1 Å². The van der Waals surface area contributed by atoms with Crippen molar-refractivity contribution in [1.29, 1.82) is 0 Å². The molecular formula is C5H7N5O3. The van der Waals surface area contributed by atoms with Crippen molar-refractivity contribution in [2.75, 3.05) is 0 Å². The highest BCUT2D eigenvalue weighted by molar-refractivity contribution is 5.74. The van der Waals surface area contributed by atoms with E-state index in [1.54, 1.807) is 0 Å². The van der Waals surface area contributed by atoms with Crippen LogP contribution in [0.25, 0.3) is 0 Å². The number of hydrazine groups is 1. The number of nitrogens with two attached hydrogens (primary N) is 1. The number of carbonyl (C=O) groups is 1. The summed E-state index contributed by atoms with van der Waals surface area (Å²) in [4.78, 5) is 20.3. The van der Waals surface area contributed by atoms with Crippen molar-refractivity contribution < 1.29 is 9.72 Å². The highest BCUT2D eigenvalue weighted by Gasteiger charge is 2.09. The van der Waals surface area contributed by atoms with Crippen molar-refractivity contribution in [2.45, 2.75) is 6.54 Å². The molecule has 8 nitrogen and oxygen atoms in total. The number of aromatic nitrogens is 2. The van der Waals surface area contributed by atoms with Crippen LogP contribution in [0.4, 0.5) is 5.69 Å². The highest BCUT2D eigenvalue weighted by Crippen LogP contribution is 2.06. The van der Waals surface area contributed by atoms with E-state index in [1.165, 1.54) is 0 Å². The Bertz CT molecular complexity index is 333. The summed E-state index contributed by atoms with van der Waals surface area (Å²) in [6.45, 7) is -0.135. The average molecular weight is 185 g/mol. The maximum atomic E-state index is 10.7. The molecule has 1 heterocycles. The van der Waals surface area contributed by atoms with Gasteiger partial charge in [0.25, 0.3) is 5.91 Å². The van der Waals surface area contributed by atoms with E-state index in [2.05, 4.69) is 5.10 Å². The fourth-order valence-electron chi connectivity index (χ4n) is 0.726. The minimum absolute atomic E-state index is 0.135. The van der Waals surface area contributed by atoms with E-state index in [1.807, 2.05) is 5.43 Å². The lowest BCUT2D eigenvalue weighted by atomic mass is 10.6. The van der Waals surface area contributed by atoms with Gasteiger partial charge in [-0.15, -0.1) is 0 Å². The number of nitro groups is 1. The summed E-state index contributed by atoms with van der Waals surface area (Å²) in [6.07, 6.45) is 2.21. The molecule has 1 amide bonds. The second kappa shape index (κ2) is 3.63. The molecule has 0 aliphatic heterocycles. The first-order valence-corrected chi connectivity index (χ1v) is 3.30. The molecule has 0 spiro atoms. The van der Waals surface area contributed by atoms with Crippen LogP contribution in [0.15, 0.2) is 12.4 Å². The molecule has 0 saturated carbocycles. The van der Waals surface area contributed by atoms with Crippen LogP contribution in [0, 0.1) is 10.1 Å². The molecule has 0 aliphatic carbocycles. The number of carbonyl (C=O) groups excluding carboxylic acids is 1. The third kappa shape index (κ3) is 2.24. The third-order valence-corrected chi connectivity index (χ3v) is 1.30. The molecule has 0 atom stereocenters. The monoisotopic (exact) mass is 185 g/mol. The Morgan fingerprint density at radius 1 is 1.85 bits per heavy atom. The molecule has 1 aromatic heterocycles. The quantitative estimate of drug-likeness (QED) is 0.265. The standard InChI is InChI=1S/C5H7N5O3/c6-8-5(11)3-9-2-4(1-7-9)10(12)13/h1-2H,3,6H2,(H,8,11). The van der Waals surface area contributed by atoms with Gasteiger partial charge in [-0.1, -0.05) is 0 Å². The molecule has 70 valence electrons. The van der Waals surface area contributed by atoms with Crippen LogP contribution in [0.2, 0.25) is 0 Å². The van der Waals surface area contributed by atoms with Gasteiger partial charge in [-0.25, -0.2) is 5.84 Å². The van der Waals surface area contributed by atoms with Crippen molar-refractivity contribution in [3.63, 3.8) is 0 Å². The highest BCUT2D eigenvalue weighted by atomic mass is 16.6. The topological polar surface area (TPSA) is 116 Å². The third-order valence-electron chi connectivity index (χ3n) is 1.30. The molecule has 0 unspecified atom stereocenters. The van der Waals surface area contributed by atoms with Crippen molar-refractivity contribution in [1.82, 2.24) is 15.2 Å². The molecule has 3 N–H and O–H groups in total. The fourth-order valence-corrected chi connectivity index (χ4v) is 0.726. The van der Waals surface area contributed by atoms with Crippen LogP contribution < -0.4 is 11.3 Å². The Morgan fingerprint density at radius 2 is 2.54 bits per heavy atom. The van der Waals surface area contributed by atoms with Gasteiger partial charge in [-0.3, -0.25) is 25.0 Å². The molecule has 0 saturated heterocycles. The molecule has 13 heavy (non-hydrogen) atoms. The molecule has 0 fully saturated rings. The van der Waals surface area contributed by atoms with Gasteiger partial charge in [0.15, 0.2) is 0 Å². The molecule has 0 aliphatic rings. The maximum absolute atomic E-state index is 10.7. The zero-order chi connectivity index (χ0) is 9.84. The van der Waals surface area contributed by atoms with Gasteiger partial charge in [-0.05, 0) is 0 Å². The predicted octanol–water partition coefficient (Wildman–Crippen LogP) is -1.22. The van der Waals surface area contributed by atoms with Gasteiger partial charge in [0.1, 0.15) is 18.9 Å². The zero-order valence-corrected chi connectivity index (χ0v) is 6.51. The Morgan fingerprint density at radius 3 is 3.00 bits per heavy atom. The van der Waals surface area contributed by atoms with Crippen LogP contribution in [0.5, 0.6) is 0 Å². The fraction of sp³-hybridized carbons (Fsp3) is 0.200. The van der Waals surface area contributed by atoms with Crippen LogP contribution >= 0.6 is 0 Å². The summed E-state index contributed by atoms with van der Waals surface area (Å²) in [6, 6.07) is 0. The van der Waals surface area contributed by atoms with E-state index >= 15 is 0 Å². The van der Waals surface area contributed by atoms with Crippen LogP contribution in [-0.2, 0) is 11.3 Å². The summed E-state index contributed by atoms with van der Waals surface area (Å²) in [5.41, 5.74) is 1.72. The van der Waals surface area contributed by atoms with E-state index in [9.17, 15) is 14.9 Å². The molecule has 0 bridgehead atoms. The van der Waals surface area contributed by atoms with Crippen molar-refractivity contribution in [2.24, 2.45) is 5.84 Å². The number of hydrogen-bond donors (Lipinski definition) is 2. The lowest BCUT2D eigenvalue weighted by Gasteiger charge is -1.97. The minimum atomic E-state index is -0.593. The molecule has 1 aromatic rings. The van der Waals surface area contributed by atoms with Crippen molar-refractivity contribution in [3.05, 3.63) is 22.5 Å². The zero-order valence-electron chi connectivity index (χ0n) is 6.51. The first-order chi connectivity index (χ1) is 6.13. The van der Waals surface area contributed by atoms with Crippen molar-refractivity contribution >= 4 is 11.6 Å². The Hall–Kier alpha value is -1.96. The molecular weight excluding hydrogens is 178 g/mol. The summed E-state index contributed by atoms with van der Waals surface area (Å²) >= 11 is 0. The van der Waals surface area contributed by atoms with E-state index in [0.29, 0.717) is 0 Å². The van der Waals surface area contributed by atoms with Crippen LogP contribution in [-0.4, -0.2) is 20.6 Å². The summed E-state index contributed by atoms with van der Waals surface area (Å²) < 4.78 is 1.13. The number of rotatable bonds is 3.